The molecular weight excluding hydrogens is 241 g/mol. The van der Waals surface area contributed by atoms with E-state index in [1.165, 1.54) is 6.92 Å². The molecule has 96 valence electrons. The molecule has 2 radical (unpaired) electrons. The van der Waals surface area contributed by atoms with Crippen LogP contribution >= 0.6 is 0 Å². The van der Waals surface area contributed by atoms with Crippen LogP contribution in [0.1, 0.15) is 6.92 Å². The van der Waals surface area contributed by atoms with Gasteiger partial charge in [-0.15, -0.1) is 0 Å². The molecule has 0 saturated heterocycles. The molecule has 0 aliphatic heterocycles. The fraction of sp³-hybridized carbons (Fsp3) is 0.231. The van der Waals surface area contributed by atoms with Crippen molar-refractivity contribution in [2.24, 2.45) is 7.05 Å². The first kappa shape index (κ1) is 13.2. The summed E-state index contributed by atoms with van der Waals surface area (Å²) in [7, 11) is 9.31. The Balaban J connectivity index is 2.56. The van der Waals surface area contributed by atoms with Crippen LogP contribution in [0.4, 0.5) is 5.69 Å². The van der Waals surface area contributed by atoms with E-state index in [0.29, 0.717) is 16.9 Å². The zero-order valence-electron chi connectivity index (χ0n) is 11.1. The Kier molecular flexibility index (Phi) is 3.60. The molecule has 0 aliphatic carbocycles. The molecule has 0 aliphatic rings. The molecule has 19 heavy (non-hydrogen) atoms. The second-order valence-corrected chi connectivity index (χ2v) is 4.17. The van der Waals surface area contributed by atoms with E-state index in [-0.39, 0.29) is 5.91 Å². The Morgan fingerprint density at radius 1 is 1.47 bits per heavy atom. The molecule has 0 atom stereocenters. The summed E-state index contributed by atoms with van der Waals surface area (Å²) in [5, 5.41) is 6.84. The number of amides is 1. The predicted octanol–water partition coefficient (Wildman–Crippen LogP) is 0.848. The molecule has 6 heteroatoms. The number of methoxy groups -OCH3 is 1. The molecule has 1 amide bonds. The third-order valence-electron chi connectivity index (χ3n) is 2.74. The van der Waals surface area contributed by atoms with Crippen molar-refractivity contribution in [1.82, 2.24) is 9.78 Å². The van der Waals surface area contributed by atoms with Gasteiger partial charge in [0.25, 0.3) is 0 Å². The molecule has 1 N–H and O–H groups in total. The van der Waals surface area contributed by atoms with Crippen LogP contribution in [0.15, 0.2) is 24.4 Å². The van der Waals surface area contributed by atoms with Gasteiger partial charge in [0.2, 0.25) is 5.91 Å². The van der Waals surface area contributed by atoms with Gasteiger partial charge in [-0.1, -0.05) is 5.46 Å². The molecule has 2 rings (SSSR count). The van der Waals surface area contributed by atoms with Gasteiger partial charge in [0.05, 0.1) is 12.8 Å². The third kappa shape index (κ3) is 2.62. The quantitative estimate of drug-likeness (QED) is 0.827. The Labute approximate surface area is 113 Å². The summed E-state index contributed by atoms with van der Waals surface area (Å²) < 4.78 is 7.00. The van der Waals surface area contributed by atoms with Crippen molar-refractivity contribution < 1.29 is 9.53 Å². The first-order valence-electron chi connectivity index (χ1n) is 5.76. The highest BCUT2D eigenvalue weighted by atomic mass is 16.5. The van der Waals surface area contributed by atoms with Crippen LogP contribution in [0, 0.1) is 0 Å². The highest BCUT2D eigenvalue weighted by Gasteiger charge is 2.13. The van der Waals surface area contributed by atoms with Crippen LogP contribution in [0.3, 0.4) is 0 Å². The zero-order valence-corrected chi connectivity index (χ0v) is 11.1. The van der Waals surface area contributed by atoms with Gasteiger partial charge in [0.15, 0.2) is 0 Å². The van der Waals surface area contributed by atoms with E-state index < -0.39 is 0 Å². The Morgan fingerprint density at radius 3 is 2.74 bits per heavy atom. The summed E-state index contributed by atoms with van der Waals surface area (Å²) in [6.07, 6.45) is 1.58. The van der Waals surface area contributed by atoms with Crippen molar-refractivity contribution in [2.45, 2.75) is 6.92 Å². The number of hydrogen-bond donors (Lipinski definition) is 1. The molecule has 2 aromatic rings. The topological polar surface area (TPSA) is 56.2 Å². The lowest BCUT2D eigenvalue weighted by Crippen LogP contribution is -2.09. The number of aryl methyl sites for hydroxylation is 1. The lowest BCUT2D eigenvalue weighted by atomic mass is 9.93. The first-order valence-corrected chi connectivity index (χ1v) is 5.76. The molecule has 0 fully saturated rings. The number of ether oxygens (including phenoxy) is 1. The fourth-order valence-electron chi connectivity index (χ4n) is 1.96. The highest BCUT2D eigenvalue weighted by Crippen LogP contribution is 2.31. The second kappa shape index (κ2) is 5.18. The minimum atomic E-state index is -0.130. The van der Waals surface area contributed by atoms with Crippen LogP contribution < -0.4 is 15.5 Å². The van der Waals surface area contributed by atoms with Crippen LogP contribution in [0.25, 0.3) is 11.3 Å². The van der Waals surface area contributed by atoms with E-state index in [4.69, 9.17) is 12.6 Å². The predicted molar refractivity (Wildman–Crippen MR) is 74.9 cm³/mol. The number of rotatable bonds is 3. The average Bonchev–Trinajstić information content (AvgIpc) is 2.68. The van der Waals surface area contributed by atoms with Crippen LogP contribution in [0.2, 0.25) is 0 Å². The van der Waals surface area contributed by atoms with Gasteiger partial charge in [-0.25, -0.2) is 0 Å². The molecule has 0 unspecified atom stereocenters. The number of carbonyl (C=O) groups excluding carboxylic acids is 1. The van der Waals surface area contributed by atoms with E-state index in [0.717, 1.165) is 11.3 Å². The summed E-state index contributed by atoms with van der Waals surface area (Å²) in [6, 6.07) is 5.37. The van der Waals surface area contributed by atoms with Gasteiger partial charge in [0, 0.05) is 31.4 Å². The van der Waals surface area contributed by atoms with Gasteiger partial charge >= 0.3 is 0 Å². The average molecular weight is 255 g/mol. The molecule has 0 bridgehead atoms. The number of hydrogen-bond acceptors (Lipinski definition) is 3. The van der Waals surface area contributed by atoms with Gasteiger partial charge in [0.1, 0.15) is 13.6 Å². The summed E-state index contributed by atoms with van der Waals surface area (Å²) in [6.45, 7) is 1.46. The van der Waals surface area contributed by atoms with E-state index in [1.54, 1.807) is 37.2 Å². The smallest absolute Gasteiger partial charge is 0.221 e. The van der Waals surface area contributed by atoms with Crippen molar-refractivity contribution >= 4 is 24.9 Å². The highest BCUT2D eigenvalue weighted by molar-refractivity contribution is 6.35. The van der Waals surface area contributed by atoms with E-state index >= 15 is 0 Å². The summed E-state index contributed by atoms with van der Waals surface area (Å²) >= 11 is 0. The van der Waals surface area contributed by atoms with Crippen molar-refractivity contribution in [1.29, 1.82) is 0 Å². The largest absolute Gasteiger partial charge is 0.496 e. The van der Waals surface area contributed by atoms with Crippen LogP contribution in [-0.4, -0.2) is 30.6 Å². The van der Waals surface area contributed by atoms with Crippen LogP contribution in [0.5, 0.6) is 5.75 Å². The maximum atomic E-state index is 11.1. The minimum Gasteiger partial charge on any atom is -0.496 e. The van der Waals surface area contributed by atoms with Crippen molar-refractivity contribution in [2.75, 3.05) is 12.4 Å². The Bertz CT molecular complexity index is 603. The molecular formula is C13H14BN3O2. The minimum absolute atomic E-state index is 0.130. The molecule has 1 heterocycles. The van der Waals surface area contributed by atoms with Crippen molar-refractivity contribution in [3.63, 3.8) is 0 Å². The lowest BCUT2D eigenvalue weighted by molar-refractivity contribution is -0.114. The Hall–Kier alpha value is -2.24. The lowest BCUT2D eigenvalue weighted by Gasteiger charge is -2.12. The second-order valence-electron chi connectivity index (χ2n) is 4.17. The van der Waals surface area contributed by atoms with Crippen molar-refractivity contribution in [3.8, 4) is 17.0 Å². The fourth-order valence-corrected chi connectivity index (χ4v) is 1.96. The summed E-state index contributed by atoms with van der Waals surface area (Å²) in [4.78, 5) is 11.1. The molecule has 1 aromatic heterocycles. The molecule has 0 saturated carbocycles. The first-order chi connectivity index (χ1) is 9.02. The summed E-state index contributed by atoms with van der Waals surface area (Å²) in [5.74, 6) is 0.540. The maximum Gasteiger partial charge on any atom is 0.221 e. The number of carbonyl (C=O) groups is 1. The number of nitrogens with one attached hydrogen (secondary N) is 1. The standard InChI is InChI=1S/C13H14BN3O2/c1-8(18)16-9-4-5-12(19-3)10(6-9)13-11(14)7-15-17(13)2/h4-7H,1-3H3,(H,16,18). The SMILES string of the molecule is [B]c1cnn(C)c1-c1cc(NC(C)=O)ccc1OC. The third-order valence-corrected chi connectivity index (χ3v) is 2.74. The summed E-state index contributed by atoms with van der Waals surface area (Å²) in [5.41, 5.74) is 2.78. The van der Waals surface area contributed by atoms with Crippen LogP contribution in [-0.2, 0) is 11.8 Å². The molecule has 1 aromatic carbocycles. The monoisotopic (exact) mass is 255 g/mol. The molecule has 0 spiro atoms. The van der Waals surface area contributed by atoms with Gasteiger partial charge in [-0.05, 0) is 18.2 Å². The number of benzene rings is 1. The Morgan fingerprint density at radius 2 is 2.21 bits per heavy atom. The normalized spacial score (nSPS) is 10.3. The number of nitrogens with zero attached hydrogens (tertiary/aromatic N) is 2. The van der Waals surface area contributed by atoms with E-state index in [2.05, 4.69) is 10.4 Å². The van der Waals surface area contributed by atoms with Gasteiger partial charge in [-0.2, -0.15) is 5.10 Å². The molecule has 5 nitrogen and oxygen atoms in total. The van der Waals surface area contributed by atoms with Gasteiger partial charge < -0.3 is 10.1 Å². The van der Waals surface area contributed by atoms with E-state index in [1.807, 2.05) is 6.07 Å². The van der Waals surface area contributed by atoms with Crippen molar-refractivity contribution in [3.05, 3.63) is 24.4 Å². The number of anilines is 1. The maximum absolute atomic E-state index is 11.1. The number of aromatic nitrogens is 2. The van der Waals surface area contributed by atoms with Gasteiger partial charge in [-0.3, -0.25) is 9.48 Å². The van der Waals surface area contributed by atoms with E-state index in [9.17, 15) is 4.79 Å². The zero-order chi connectivity index (χ0) is 14.0.